The molecule has 0 unspecified atom stereocenters. The maximum atomic E-state index is 12.4. The number of aromatic amines is 1. The summed E-state index contributed by atoms with van der Waals surface area (Å²) in [5.41, 5.74) is 5.57. The SMILES string of the molecule is Cc1ccc(CN(CCc2c[nH]c3ccccc23)Cc2nc(C(=O)NCC(C)C)cs2)cc1. The number of carbonyl (C=O) groups excluding carboxylic acids is 1. The largest absolute Gasteiger partial charge is 0.361 e. The second-order valence-electron chi connectivity index (χ2n) is 9.04. The summed E-state index contributed by atoms with van der Waals surface area (Å²) < 4.78 is 0. The van der Waals surface area contributed by atoms with Gasteiger partial charge in [-0.2, -0.15) is 0 Å². The number of benzene rings is 2. The first kappa shape index (κ1) is 23.2. The molecule has 2 aromatic heterocycles. The summed E-state index contributed by atoms with van der Waals surface area (Å²) >= 11 is 1.56. The van der Waals surface area contributed by atoms with E-state index in [0.29, 0.717) is 18.2 Å². The molecule has 0 aliphatic heterocycles. The Morgan fingerprint density at radius 2 is 1.91 bits per heavy atom. The molecule has 1 amide bonds. The molecule has 0 saturated heterocycles. The van der Waals surface area contributed by atoms with Gasteiger partial charge in [0, 0.05) is 42.1 Å². The van der Waals surface area contributed by atoms with E-state index in [2.05, 4.69) is 95.7 Å². The molecule has 2 aromatic carbocycles. The lowest BCUT2D eigenvalue weighted by atomic mass is 10.1. The third-order valence-electron chi connectivity index (χ3n) is 5.71. The first-order valence-electron chi connectivity index (χ1n) is 11.5. The summed E-state index contributed by atoms with van der Waals surface area (Å²) in [6.07, 6.45) is 3.07. The number of hydrogen-bond donors (Lipinski definition) is 2. The predicted molar refractivity (Wildman–Crippen MR) is 137 cm³/mol. The molecule has 172 valence electrons. The zero-order valence-corrected chi connectivity index (χ0v) is 20.4. The van der Waals surface area contributed by atoms with Gasteiger partial charge in [-0.25, -0.2) is 4.98 Å². The molecule has 0 aliphatic rings. The summed E-state index contributed by atoms with van der Waals surface area (Å²) in [6.45, 7) is 9.42. The Morgan fingerprint density at radius 3 is 2.70 bits per heavy atom. The smallest absolute Gasteiger partial charge is 0.270 e. The van der Waals surface area contributed by atoms with Gasteiger partial charge >= 0.3 is 0 Å². The maximum Gasteiger partial charge on any atom is 0.270 e. The molecule has 4 aromatic rings. The molecular weight excluding hydrogens is 428 g/mol. The molecule has 33 heavy (non-hydrogen) atoms. The van der Waals surface area contributed by atoms with Gasteiger partial charge in [0.1, 0.15) is 10.7 Å². The highest BCUT2D eigenvalue weighted by molar-refractivity contribution is 7.09. The lowest BCUT2D eigenvalue weighted by Gasteiger charge is -2.21. The van der Waals surface area contributed by atoms with Crippen LogP contribution in [-0.4, -0.2) is 33.9 Å². The Kier molecular flexibility index (Phi) is 7.57. The van der Waals surface area contributed by atoms with Crippen LogP contribution in [-0.2, 0) is 19.5 Å². The number of aromatic nitrogens is 2. The van der Waals surface area contributed by atoms with Crippen LogP contribution in [0.1, 0.15) is 46.0 Å². The number of H-pyrrole nitrogens is 1. The molecule has 0 atom stereocenters. The van der Waals surface area contributed by atoms with E-state index in [1.54, 1.807) is 11.3 Å². The Bertz CT molecular complexity index is 1190. The van der Waals surface area contributed by atoms with Crippen LogP contribution in [0, 0.1) is 12.8 Å². The summed E-state index contributed by atoms with van der Waals surface area (Å²) in [4.78, 5) is 22.8. The van der Waals surface area contributed by atoms with Crippen LogP contribution < -0.4 is 5.32 Å². The van der Waals surface area contributed by atoms with E-state index < -0.39 is 0 Å². The number of nitrogens with one attached hydrogen (secondary N) is 2. The van der Waals surface area contributed by atoms with Gasteiger partial charge in [-0.05, 0) is 36.5 Å². The van der Waals surface area contributed by atoms with Crippen molar-refractivity contribution in [1.82, 2.24) is 20.2 Å². The summed E-state index contributed by atoms with van der Waals surface area (Å²) in [6, 6.07) is 17.1. The molecule has 0 spiro atoms. The molecule has 0 radical (unpaired) electrons. The highest BCUT2D eigenvalue weighted by Crippen LogP contribution is 2.20. The average molecular weight is 461 g/mol. The van der Waals surface area contributed by atoms with Crippen molar-refractivity contribution in [3.63, 3.8) is 0 Å². The molecule has 4 rings (SSSR count). The van der Waals surface area contributed by atoms with Crippen molar-refractivity contribution < 1.29 is 4.79 Å². The number of para-hydroxylation sites is 1. The van der Waals surface area contributed by atoms with Gasteiger partial charge in [0.25, 0.3) is 5.91 Å². The Morgan fingerprint density at radius 1 is 1.12 bits per heavy atom. The Hall–Kier alpha value is -2.96. The number of thiazole rings is 1. The van der Waals surface area contributed by atoms with Crippen molar-refractivity contribution in [2.24, 2.45) is 5.92 Å². The zero-order chi connectivity index (χ0) is 23.2. The quantitative estimate of drug-likeness (QED) is 0.326. The number of nitrogens with zero attached hydrogens (tertiary/aromatic N) is 2. The topological polar surface area (TPSA) is 61.0 Å². The molecule has 2 heterocycles. The van der Waals surface area contributed by atoms with Crippen LogP contribution >= 0.6 is 11.3 Å². The third kappa shape index (κ3) is 6.30. The summed E-state index contributed by atoms with van der Waals surface area (Å²) in [5, 5.41) is 7.08. The maximum absolute atomic E-state index is 12.4. The van der Waals surface area contributed by atoms with E-state index >= 15 is 0 Å². The normalized spacial score (nSPS) is 11.5. The third-order valence-corrected chi connectivity index (χ3v) is 6.55. The molecule has 5 nitrogen and oxygen atoms in total. The van der Waals surface area contributed by atoms with Crippen molar-refractivity contribution >= 4 is 28.1 Å². The molecule has 6 heteroatoms. The first-order chi connectivity index (χ1) is 16.0. The zero-order valence-electron chi connectivity index (χ0n) is 19.6. The highest BCUT2D eigenvalue weighted by atomic mass is 32.1. The summed E-state index contributed by atoms with van der Waals surface area (Å²) in [7, 11) is 0. The van der Waals surface area contributed by atoms with Crippen molar-refractivity contribution in [3.8, 4) is 0 Å². The highest BCUT2D eigenvalue weighted by Gasteiger charge is 2.15. The first-order valence-corrected chi connectivity index (χ1v) is 12.4. The number of rotatable bonds is 10. The fourth-order valence-corrected chi connectivity index (χ4v) is 4.66. The number of amides is 1. The second kappa shape index (κ2) is 10.8. The van der Waals surface area contributed by atoms with Gasteiger partial charge < -0.3 is 10.3 Å². The molecule has 2 N–H and O–H groups in total. The van der Waals surface area contributed by atoms with Crippen LogP contribution in [0.15, 0.2) is 60.1 Å². The van der Waals surface area contributed by atoms with Crippen LogP contribution in [0.4, 0.5) is 0 Å². The van der Waals surface area contributed by atoms with Gasteiger partial charge in [-0.1, -0.05) is 61.9 Å². The molecule has 0 saturated carbocycles. The summed E-state index contributed by atoms with van der Waals surface area (Å²) in [5.74, 6) is 0.330. The lowest BCUT2D eigenvalue weighted by Crippen LogP contribution is -2.28. The van der Waals surface area contributed by atoms with Crippen molar-refractivity contribution in [2.75, 3.05) is 13.1 Å². The Balaban J connectivity index is 1.46. The standard InChI is InChI=1S/C27H32N4OS/c1-19(2)14-29-27(32)25-18-33-26(30-25)17-31(16-21-10-8-20(3)9-11-21)13-12-22-15-28-24-7-5-4-6-23(22)24/h4-11,15,18-19,28H,12-14,16-17H2,1-3H3,(H,29,32). The number of fused-ring (bicyclic) bond motifs is 1. The van der Waals surface area contributed by atoms with Gasteiger partial charge in [0.15, 0.2) is 0 Å². The van der Waals surface area contributed by atoms with Crippen molar-refractivity contribution in [2.45, 2.75) is 40.3 Å². The van der Waals surface area contributed by atoms with E-state index in [0.717, 1.165) is 31.1 Å². The van der Waals surface area contributed by atoms with E-state index in [4.69, 9.17) is 0 Å². The second-order valence-corrected chi connectivity index (χ2v) is 9.98. The molecule has 0 fully saturated rings. The van der Waals surface area contributed by atoms with Gasteiger partial charge in [-0.15, -0.1) is 11.3 Å². The fourth-order valence-electron chi connectivity index (χ4n) is 3.85. The van der Waals surface area contributed by atoms with E-state index in [-0.39, 0.29) is 5.91 Å². The monoisotopic (exact) mass is 460 g/mol. The Labute approximate surface area is 199 Å². The minimum atomic E-state index is -0.0879. The van der Waals surface area contributed by atoms with Crippen molar-refractivity contribution in [3.05, 3.63) is 87.5 Å². The van der Waals surface area contributed by atoms with E-state index in [1.165, 1.54) is 27.6 Å². The minimum absolute atomic E-state index is 0.0879. The number of carbonyl (C=O) groups is 1. The minimum Gasteiger partial charge on any atom is -0.361 e. The van der Waals surface area contributed by atoms with E-state index in [1.807, 2.05) is 5.38 Å². The van der Waals surface area contributed by atoms with Gasteiger partial charge in [0.2, 0.25) is 0 Å². The van der Waals surface area contributed by atoms with Crippen LogP contribution in [0.2, 0.25) is 0 Å². The van der Waals surface area contributed by atoms with Crippen LogP contribution in [0.3, 0.4) is 0 Å². The fraction of sp³-hybridized carbons (Fsp3) is 0.333. The molecule has 0 aliphatic carbocycles. The van der Waals surface area contributed by atoms with E-state index in [9.17, 15) is 4.79 Å². The number of hydrogen-bond acceptors (Lipinski definition) is 4. The predicted octanol–water partition coefficient (Wildman–Crippen LogP) is 5.56. The van der Waals surface area contributed by atoms with Crippen LogP contribution in [0.25, 0.3) is 10.9 Å². The van der Waals surface area contributed by atoms with Crippen LogP contribution in [0.5, 0.6) is 0 Å². The number of aryl methyl sites for hydroxylation is 1. The van der Waals surface area contributed by atoms with Gasteiger partial charge in [0.05, 0.1) is 6.54 Å². The molecule has 0 bridgehead atoms. The van der Waals surface area contributed by atoms with Crippen molar-refractivity contribution in [1.29, 1.82) is 0 Å². The average Bonchev–Trinajstić information content (AvgIpc) is 3.44. The molecular formula is C27H32N4OS. The lowest BCUT2D eigenvalue weighted by molar-refractivity contribution is 0.0944. The van der Waals surface area contributed by atoms with Gasteiger partial charge in [-0.3, -0.25) is 9.69 Å².